The van der Waals surface area contributed by atoms with E-state index in [2.05, 4.69) is 0 Å². The molecule has 0 fully saturated rings. The van der Waals surface area contributed by atoms with Gasteiger partial charge in [-0.1, -0.05) is 24.3 Å². The van der Waals surface area contributed by atoms with E-state index in [1.54, 1.807) is 38.5 Å². The van der Waals surface area contributed by atoms with Crippen molar-refractivity contribution in [3.63, 3.8) is 0 Å². The highest BCUT2D eigenvalue weighted by atomic mass is 16.5. The second-order valence-corrected chi connectivity index (χ2v) is 5.79. The van der Waals surface area contributed by atoms with Gasteiger partial charge in [0, 0.05) is 0 Å². The number of fused-ring (bicyclic) bond motifs is 2. The first-order valence-corrected chi connectivity index (χ1v) is 8.12. The van der Waals surface area contributed by atoms with Crippen molar-refractivity contribution in [2.45, 2.75) is 0 Å². The van der Waals surface area contributed by atoms with Crippen LogP contribution in [0.4, 0.5) is 0 Å². The van der Waals surface area contributed by atoms with Crippen LogP contribution in [0.25, 0.3) is 21.5 Å². The molecule has 0 saturated carbocycles. The maximum absolute atomic E-state index is 9.25. The highest BCUT2D eigenvalue weighted by Crippen LogP contribution is 2.24. The molecule has 0 heterocycles. The minimum atomic E-state index is 0.278. The molecule has 0 radical (unpaired) electrons. The summed E-state index contributed by atoms with van der Waals surface area (Å²) in [5.74, 6) is 2.20. The first kappa shape index (κ1) is 17.4. The molecule has 4 aromatic carbocycles. The summed E-state index contributed by atoms with van der Waals surface area (Å²) in [6, 6.07) is 22.0. The van der Waals surface area contributed by atoms with Crippen LogP contribution >= 0.6 is 0 Å². The number of phenols is 2. The van der Waals surface area contributed by atoms with E-state index < -0.39 is 0 Å². The molecule has 0 amide bonds. The van der Waals surface area contributed by atoms with Gasteiger partial charge in [0.1, 0.15) is 23.0 Å². The minimum absolute atomic E-state index is 0.278. The van der Waals surface area contributed by atoms with E-state index >= 15 is 0 Å². The maximum Gasteiger partial charge on any atom is 0.119 e. The van der Waals surface area contributed by atoms with Crippen LogP contribution in [0.5, 0.6) is 23.0 Å². The lowest BCUT2D eigenvalue weighted by atomic mass is 10.1. The highest BCUT2D eigenvalue weighted by molar-refractivity contribution is 5.85. The summed E-state index contributed by atoms with van der Waals surface area (Å²) in [4.78, 5) is 0. The molecule has 0 atom stereocenters. The average Bonchev–Trinajstić information content (AvgIpc) is 2.67. The Morgan fingerprint density at radius 2 is 0.923 bits per heavy atom. The maximum atomic E-state index is 9.25. The molecular weight excluding hydrogens is 328 g/mol. The molecule has 4 rings (SSSR count). The third-order valence-electron chi connectivity index (χ3n) is 4.06. The van der Waals surface area contributed by atoms with Gasteiger partial charge in [0.2, 0.25) is 0 Å². The predicted molar refractivity (Wildman–Crippen MR) is 104 cm³/mol. The SMILES string of the molecule is COc1ccc2cc(O)ccc2c1.COc1ccc2ccc(O)cc2c1. The van der Waals surface area contributed by atoms with Crippen molar-refractivity contribution in [3.05, 3.63) is 72.8 Å². The molecule has 0 bridgehead atoms. The Labute approximate surface area is 151 Å². The van der Waals surface area contributed by atoms with E-state index in [0.29, 0.717) is 0 Å². The summed E-state index contributed by atoms with van der Waals surface area (Å²) in [5, 5.41) is 22.6. The van der Waals surface area contributed by atoms with Crippen molar-refractivity contribution < 1.29 is 19.7 Å². The number of aromatic hydroxyl groups is 2. The average molecular weight is 348 g/mol. The molecule has 0 spiro atoms. The number of rotatable bonds is 2. The summed E-state index contributed by atoms with van der Waals surface area (Å²) in [6.07, 6.45) is 0. The number of benzene rings is 4. The van der Waals surface area contributed by atoms with Gasteiger partial charge in [-0.2, -0.15) is 0 Å². The zero-order valence-corrected chi connectivity index (χ0v) is 14.6. The summed E-state index contributed by atoms with van der Waals surface area (Å²) in [7, 11) is 3.27. The van der Waals surface area contributed by atoms with Crippen LogP contribution in [-0.2, 0) is 0 Å². The summed E-state index contributed by atoms with van der Waals surface area (Å²) in [6.45, 7) is 0. The lowest BCUT2D eigenvalue weighted by molar-refractivity contribution is 0.415. The number of hydrogen-bond acceptors (Lipinski definition) is 4. The smallest absolute Gasteiger partial charge is 0.119 e. The van der Waals surface area contributed by atoms with Gasteiger partial charge in [-0.3, -0.25) is 0 Å². The second-order valence-electron chi connectivity index (χ2n) is 5.79. The largest absolute Gasteiger partial charge is 0.508 e. The van der Waals surface area contributed by atoms with Gasteiger partial charge in [-0.15, -0.1) is 0 Å². The Balaban J connectivity index is 0.000000151. The summed E-state index contributed by atoms with van der Waals surface area (Å²) < 4.78 is 10.2. The summed E-state index contributed by atoms with van der Waals surface area (Å²) in [5.41, 5.74) is 0. The zero-order chi connectivity index (χ0) is 18.5. The quantitative estimate of drug-likeness (QED) is 0.529. The van der Waals surface area contributed by atoms with Gasteiger partial charge in [0.15, 0.2) is 0 Å². The number of hydrogen-bond donors (Lipinski definition) is 2. The topological polar surface area (TPSA) is 58.9 Å². The Hall–Kier alpha value is -3.40. The molecule has 26 heavy (non-hydrogen) atoms. The van der Waals surface area contributed by atoms with Gasteiger partial charge in [0.25, 0.3) is 0 Å². The first-order chi connectivity index (χ1) is 12.6. The first-order valence-electron chi connectivity index (χ1n) is 8.12. The molecule has 0 aliphatic carbocycles. The van der Waals surface area contributed by atoms with Crippen LogP contribution in [0.15, 0.2) is 72.8 Å². The lowest BCUT2D eigenvalue weighted by Gasteiger charge is -2.02. The molecular formula is C22H20O4. The van der Waals surface area contributed by atoms with Crippen LogP contribution in [-0.4, -0.2) is 24.4 Å². The van der Waals surface area contributed by atoms with Crippen LogP contribution in [0.2, 0.25) is 0 Å². The molecule has 0 aliphatic heterocycles. The third-order valence-corrected chi connectivity index (χ3v) is 4.06. The summed E-state index contributed by atoms with van der Waals surface area (Å²) >= 11 is 0. The van der Waals surface area contributed by atoms with Crippen molar-refractivity contribution >= 4 is 21.5 Å². The van der Waals surface area contributed by atoms with Crippen LogP contribution < -0.4 is 9.47 Å². The monoisotopic (exact) mass is 348 g/mol. The van der Waals surface area contributed by atoms with Crippen molar-refractivity contribution in [2.24, 2.45) is 0 Å². The van der Waals surface area contributed by atoms with Crippen LogP contribution in [0.3, 0.4) is 0 Å². The van der Waals surface area contributed by atoms with E-state index in [1.807, 2.05) is 48.5 Å². The van der Waals surface area contributed by atoms with E-state index in [9.17, 15) is 10.2 Å². The van der Waals surface area contributed by atoms with E-state index in [1.165, 1.54) is 0 Å². The van der Waals surface area contributed by atoms with Crippen molar-refractivity contribution in [2.75, 3.05) is 14.2 Å². The Morgan fingerprint density at radius 1 is 0.500 bits per heavy atom. The van der Waals surface area contributed by atoms with Crippen molar-refractivity contribution in [1.29, 1.82) is 0 Å². The number of methoxy groups -OCH3 is 2. The minimum Gasteiger partial charge on any atom is -0.508 e. The van der Waals surface area contributed by atoms with Gasteiger partial charge >= 0.3 is 0 Å². The van der Waals surface area contributed by atoms with Crippen molar-refractivity contribution in [3.8, 4) is 23.0 Å². The van der Waals surface area contributed by atoms with Crippen LogP contribution in [0, 0.1) is 0 Å². The normalized spacial score (nSPS) is 10.2. The molecule has 0 aliphatic rings. The highest BCUT2D eigenvalue weighted by Gasteiger charge is 1.97. The van der Waals surface area contributed by atoms with Gasteiger partial charge in [-0.05, 0) is 70.1 Å². The lowest BCUT2D eigenvalue weighted by Crippen LogP contribution is -1.81. The van der Waals surface area contributed by atoms with Crippen molar-refractivity contribution in [1.82, 2.24) is 0 Å². The molecule has 4 nitrogen and oxygen atoms in total. The molecule has 132 valence electrons. The fourth-order valence-corrected chi connectivity index (χ4v) is 2.68. The zero-order valence-electron chi connectivity index (χ0n) is 14.6. The van der Waals surface area contributed by atoms with E-state index in [0.717, 1.165) is 33.0 Å². The molecule has 4 aromatic rings. The molecule has 0 saturated heterocycles. The second kappa shape index (κ2) is 7.66. The fraction of sp³-hybridized carbons (Fsp3) is 0.0909. The Kier molecular flexibility index (Phi) is 5.13. The Bertz CT molecular complexity index is 1040. The third kappa shape index (κ3) is 3.98. The van der Waals surface area contributed by atoms with Gasteiger partial charge in [-0.25, -0.2) is 0 Å². The predicted octanol–water partition coefficient (Wildman–Crippen LogP) is 5.11. The van der Waals surface area contributed by atoms with Crippen LogP contribution in [0.1, 0.15) is 0 Å². The molecule has 0 aromatic heterocycles. The fourth-order valence-electron chi connectivity index (χ4n) is 2.68. The molecule has 4 heteroatoms. The number of phenolic OH excluding ortho intramolecular Hbond substituents is 2. The van der Waals surface area contributed by atoms with E-state index in [4.69, 9.17) is 9.47 Å². The standard InChI is InChI=1S/2C11H10O2/c1-13-11-5-3-8-6-10(12)4-2-9(8)7-11;1-13-11-5-3-8-2-4-10(12)6-9(8)7-11/h2*2-7,12H,1H3. The van der Waals surface area contributed by atoms with Gasteiger partial charge in [0.05, 0.1) is 14.2 Å². The molecule has 0 unspecified atom stereocenters. The Morgan fingerprint density at radius 3 is 1.54 bits per heavy atom. The molecule has 2 N–H and O–H groups in total. The van der Waals surface area contributed by atoms with E-state index in [-0.39, 0.29) is 11.5 Å². The number of ether oxygens (including phenoxy) is 2. The van der Waals surface area contributed by atoms with Gasteiger partial charge < -0.3 is 19.7 Å².